The van der Waals surface area contributed by atoms with Gasteiger partial charge in [0.2, 0.25) is 0 Å². The van der Waals surface area contributed by atoms with Crippen LogP contribution in [-0.2, 0) is 0 Å². The molecule has 0 aliphatic heterocycles. The van der Waals surface area contributed by atoms with Crippen LogP contribution in [0.5, 0.6) is 0 Å². The molecule has 0 radical (unpaired) electrons. The Labute approximate surface area is 57.1 Å². The zero-order chi connectivity index (χ0) is 6.41. The lowest BCUT2D eigenvalue weighted by Gasteiger charge is -2.04. The Morgan fingerprint density at radius 1 is 1.50 bits per heavy atom. The van der Waals surface area contributed by atoms with E-state index in [0.717, 1.165) is 5.25 Å². The van der Waals surface area contributed by atoms with Crippen LogP contribution in [-0.4, -0.2) is 11.5 Å². The van der Waals surface area contributed by atoms with Gasteiger partial charge in [-0.25, -0.2) is 0 Å². The molecule has 0 nitrogen and oxygen atoms in total. The van der Waals surface area contributed by atoms with Crippen LogP contribution in [0.3, 0.4) is 0 Å². The monoisotopic (exact) mass is 132 g/mol. The molecular weight excluding hydrogens is 116 g/mol. The van der Waals surface area contributed by atoms with Crippen LogP contribution in [0.1, 0.15) is 33.1 Å². The molecule has 0 aromatic heterocycles. The molecule has 0 rings (SSSR count). The molecule has 0 fully saturated rings. The molecule has 0 aromatic rings. The van der Waals surface area contributed by atoms with Crippen LogP contribution < -0.4 is 0 Å². The molecule has 0 spiro atoms. The van der Waals surface area contributed by atoms with E-state index in [-0.39, 0.29) is 0 Å². The zero-order valence-corrected chi connectivity index (χ0v) is 6.92. The van der Waals surface area contributed by atoms with Crippen LogP contribution in [0.25, 0.3) is 0 Å². The SMILES string of the molecule is CCCC[C@@H](C)SC. The predicted octanol–water partition coefficient (Wildman–Crippen LogP) is 2.93. The summed E-state index contributed by atoms with van der Waals surface area (Å²) in [6, 6.07) is 0. The lowest BCUT2D eigenvalue weighted by atomic mass is 10.2. The minimum absolute atomic E-state index is 0.870. The summed E-state index contributed by atoms with van der Waals surface area (Å²) in [5.74, 6) is 0. The van der Waals surface area contributed by atoms with Gasteiger partial charge in [-0.15, -0.1) is 0 Å². The Kier molecular flexibility index (Phi) is 5.73. The smallest absolute Gasteiger partial charge is 0.00159 e. The third-order valence-corrected chi connectivity index (χ3v) is 2.41. The zero-order valence-electron chi connectivity index (χ0n) is 6.11. The van der Waals surface area contributed by atoms with E-state index in [9.17, 15) is 0 Å². The van der Waals surface area contributed by atoms with Gasteiger partial charge < -0.3 is 0 Å². The summed E-state index contributed by atoms with van der Waals surface area (Å²) in [5.41, 5.74) is 0. The Morgan fingerprint density at radius 3 is 2.50 bits per heavy atom. The summed E-state index contributed by atoms with van der Waals surface area (Å²) in [6.07, 6.45) is 6.30. The van der Waals surface area contributed by atoms with Gasteiger partial charge in [-0.05, 0) is 12.7 Å². The summed E-state index contributed by atoms with van der Waals surface area (Å²) in [6.45, 7) is 4.54. The van der Waals surface area contributed by atoms with Gasteiger partial charge in [0.15, 0.2) is 0 Å². The van der Waals surface area contributed by atoms with Crippen molar-refractivity contribution in [3.8, 4) is 0 Å². The minimum Gasteiger partial charge on any atom is -0.162 e. The molecule has 0 aliphatic rings. The summed E-state index contributed by atoms with van der Waals surface area (Å²) in [4.78, 5) is 0. The van der Waals surface area contributed by atoms with Crippen molar-refractivity contribution < 1.29 is 0 Å². The van der Waals surface area contributed by atoms with Gasteiger partial charge in [0.25, 0.3) is 0 Å². The van der Waals surface area contributed by atoms with Crippen LogP contribution in [0, 0.1) is 0 Å². The van der Waals surface area contributed by atoms with Crippen molar-refractivity contribution in [1.29, 1.82) is 0 Å². The average molecular weight is 132 g/mol. The molecule has 8 heavy (non-hydrogen) atoms. The van der Waals surface area contributed by atoms with Crippen molar-refractivity contribution in [3.63, 3.8) is 0 Å². The molecule has 0 heterocycles. The first kappa shape index (κ1) is 8.35. The number of hydrogen-bond donors (Lipinski definition) is 0. The first-order valence-electron chi connectivity index (χ1n) is 3.34. The normalized spacial score (nSPS) is 13.9. The van der Waals surface area contributed by atoms with Gasteiger partial charge in [0.05, 0.1) is 0 Å². The Bertz CT molecular complexity index is 43.7. The van der Waals surface area contributed by atoms with Crippen LogP contribution in [0.4, 0.5) is 0 Å². The molecule has 0 aliphatic carbocycles. The van der Waals surface area contributed by atoms with Crippen LogP contribution in [0.15, 0.2) is 0 Å². The van der Waals surface area contributed by atoms with E-state index in [1.54, 1.807) is 0 Å². The van der Waals surface area contributed by atoms with E-state index in [1.807, 2.05) is 11.8 Å². The van der Waals surface area contributed by atoms with Gasteiger partial charge in [-0.3, -0.25) is 0 Å². The topological polar surface area (TPSA) is 0 Å². The van der Waals surface area contributed by atoms with E-state index in [0.29, 0.717) is 0 Å². The molecule has 1 heteroatoms. The maximum Gasteiger partial charge on any atom is 0.00159 e. The second-order valence-corrected chi connectivity index (χ2v) is 3.46. The highest BCUT2D eigenvalue weighted by Crippen LogP contribution is 2.12. The van der Waals surface area contributed by atoms with E-state index in [4.69, 9.17) is 0 Å². The molecule has 0 N–H and O–H groups in total. The second kappa shape index (κ2) is 5.49. The fourth-order valence-electron chi connectivity index (χ4n) is 0.609. The fraction of sp³-hybridized carbons (Fsp3) is 1.00. The molecule has 0 aromatic carbocycles. The quantitative estimate of drug-likeness (QED) is 0.566. The first-order chi connectivity index (χ1) is 3.81. The number of rotatable bonds is 4. The highest BCUT2D eigenvalue weighted by Gasteiger charge is 1.95. The highest BCUT2D eigenvalue weighted by atomic mass is 32.2. The van der Waals surface area contributed by atoms with Crippen molar-refractivity contribution in [1.82, 2.24) is 0 Å². The standard InChI is InChI=1S/C7H16S/c1-4-5-6-7(2)8-3/h7H,4-6H2,1-3H3/t7-/m1/s1. The number of hydrogen-bond acceptors (Lipinski definition) is 1. The lowest BCUT2D eigenvalue weighted by molar-refractivity contribution is 0.714. The summed E-state index contributed by atoms with van der Waals surface area (Å²) < 4.78 is 0. The largest absolute Gasteiger partial charge is 0.162 e. The van der Waals surface area contributed by atoms with Gasteiger partial charge in [-0.1, -0.05) is 26.7 Å². The molecule has 1 atom stereocenters. The number of thioether (sulfide) groups is 1. The maximum atomic E-state index is 2.29. The Hall–Kier alpha value is 0.350. The summed E-state index contributed by atoms with van der Waals surface area (Å²) in [7, 11) is 0. The van der Waals surface area contributed by atoms with Crippen molar-refractivity contribution in [3.05, 3.63) is 0 Å². The van der Waals surface area contributed by atoms with Gasteiger partial charge in [0, 0.05) is 5.25 Å². The lowest BCUT2D eigenvalue weighted by Crippen LogP contribution is -1.92. The highest BCUT2D eigenvalue weighted by molar-refractivity contribution is 7.99. The Morgan fingerprint density at radius 2 is 2.12 bits per heavy atom. The van der Waals surface area contributed by atoms with Crippen molar-refractivity contribution in [2.24, 2.45) is 0 Å². The third kappa shape index (κ3) is 4.51. The van der Waals surface area contributed by atoms with Gasteiger partial charge in [0.1, 0.15) is 0 Å². The van der Waals surface area contributed by atoms with E-state index in [1.165, 1.54) is 19.3 Å². The predicted molar refractivity (Wildman–Crippen MR) is 42.5 cm³/mol. The molecule has 0 saturated heterocycles. The first-order valence-corrected chi connectivity index (χ1v) is 4.62. The molecule has 0 unspecified atom stereocenters. The van der Waals surface area contributed by atoms with Crippen molar-refractivity contribution >= 4 is 11.8 Å². The van der Waals surface area contributed by atoms with Crippen LogP contribution >= 0.6 is 11.8 Å². The van der Waals surface area contributed by atoms with Gasteiger partial charge in [-0.2, -0.15) is 11.8 Å². The van der Waals surface area contributed by atoms with Crippen molar-refractivity contribution in [2.75, 3.05) is 6.26 Å². The van der Waals surface area contributed by atoms with Gasteiger partial charge >= 0.3 is 0 Å². The average Bonchev–Trinajstić information content (AvgIpc) is 1.83. The molecule has 0 saturated carbocycles. The number of unbranched alkanes of at least 4 members (excludes halogenated alkanes) is 1. The summed E-state index contributed by atoms with van der Waals surface area (Å²) >= 11 is 1.96. The minimum atomic E-state index is 0.870. The van der Waals surface area contributed by atoms with Crippen molar-refractivity contribution in [2.45, 2.75) is 38.4 Å². The molecule has 0 bridgehead atoms. The molecule has 50 valence electrons. The maximum absolute atomic E-state index is 2.29. The second-order valence-electron chi connectivity index (χ2n) is 2.19. The molecule has 0 amide bonds. The summed E-state index contributed by atoms with van der Waals surface area (Å²) in [5, 5.41) is 0.870. The van der Waals surface area contributed by atoms with Crippen LogP contribution in [0.2, 0.25) is 0 Å². The third-order valence-electron chi connectivity index (χ3n) is 1.37. The Balaban J connectivity index is 2.86. The fourth-order valence-corrected chi connectivity index (χ4v) is 1.01. The van der Waals surface area contributed by atoms with E-state index in [2.05, 4.69) is 20.1 Å². The molecular formula is C7H16S. The van der Waals surface area contributed by atoms with E-state index >= 15 is 0 Å². The van der Waals surface area contributed by atoms with E-state index < -0.39 is 0 Å².